The molecule has 1 aliphatic carbocycles. The molecule has 2 aromatic rings. The zero-order valence-electron chi connectivity index (χ0n) is 13.7. The summed E-state index contributed by atoms with van der Waals surface area (Å²) in [6.07, 6.45) is 10.7. The fourth-order valence-electron chi connectivity index (χ4n) is 2.87. The maximum atomic E-state index is 5.59. The van der Waals surface area contributed by atoms with Gasteiger partial charge in [0.25, 0.3) is 0 Å². The molecule has 0 N–H and O–H groups in total. The van der Waals surface area contributed by atoms with Crippen LogP contribution in [0.25, 0.3) is 0 Å². The lowest BCUT2D eigenvalue weighted by molar-refractivity contribution is -0.00000496. The molecular weight excluding hydrogens is 335 g/mol. The molecule has 0 amide bonds. The summed E-state index contributed by atoms with van der Waals surface area (Å²) in [6.45, 7) is 2.72. The molecule has 3 heteroatoms. The van der Waals surface area contributed by atoms with Crippen molar-refractivity contribution in [3.05, 3.63) is 96.8 Å². The summed E-state index contributed by atoms with van der Waals surface area (Å²) >= 11 is 0. The van der Waals surface area contributed by atoms with E-state index in [0.29, 0.717) is 12.3 Å². The molecule has 1 nitrogen and oxygen atoms in total. The molecule has 1 unspecified atom stereocenters. The topological polar surface area (TPSA) is 9.23 Å². The van der Waals surface area contributed by atoms with Crippen LogP contribution in [-0.4, -0.2) is 12.3 Å². The van der Waals surface area contributed by atoms with Crippen LogP contribution in [0.2, 0.25) is 0 Å². The van der Waals surface area contributed by atoms with Crippen molar-refractivity contribution in [1.82, 2.24) is 0 Å². The second kappa shape index (κ2) is 9.47. The Morgan fingerprint density at radius 2 is 1.50 bits per heavy atom. The van der Waals surface area contributed by atoms with Crippen LogP contribution in [0.3, 0.4) is 0 Å². The van der Waals surface area contributed by atoms with E-state index in [1.807, 2.05) is 13.2 Å². The van der Waals surface area contributed by atoms with E-state index < -0.39 is 7.92 Å². The van der Waals surface area contributed by atoms with Gasteiger partial charge in [0.15, 0.2) is 0 Å². The smallest absolute Gasteiger partial charge is 0.123 e. The number of benzene rings is 2. The van der Waals surface area contributed by atoms with E-state index in [0.717, 1.165) is 0 Å². The first-order valence-electron chi connectivity index (χ1n) is 8.04. The van der Waals surface area contributed by atoms with Crippen LogP contribution in [0.1, 0.15) is 6.92 Å². The molecule has 3 rings (SSSR count). The quantitative estimate of drug-likeness (QED) is 0.579. The molecule has 0 fully saturated rings. The van der Waals surface area contributed by atoms with Crippen LogP contribution in [-0.2, 0) is 4.74 Å². The molecule has 24 heavy (non-hydrogen) atoms. The van der Waals surface area contributed by atoms with Crippen molar-refractivity contribution in [2.24, 2.45) is 0 Å². The van der Waals surface area contributed by atoms with Crippen LogP contribution in [0.4, 0.5) is 0 Å². The number of hydrogen-bond donors (Lipinski definition) is 0. The molecule has 0 aliphatic heterocycles. The summed E-state index contributed by atoms with van der Waals surface area (Å²) < 4.78 is 5.59. The Labute approximate surface area is 151 Å². The Morgan fingerprint density at radius 1 is 0.917 bits per heavy atom. The average Bonchev–Trinajstić information content (AvgIpc) is 2.63. The molecule has 0 radical (unpaired) electrons. The van der Waals surface area contributed by atoms with Crippen LogP contribution in [0.15, 0.2) is 96.8 Å². The van der Waals surface area contributed by atoms with Gasteiger partial charge in [0.2, 0.25) is 0 Å². The molecule has 2 aromatic carbocycles. The number of allylic oxidation sites excluding steroid dienone is 5. The molecule has 0 heterocycles. The summed E-state index contributed by atoms with van der Waals surface area (Å²) in [4.78, 5) is 0. The number of halogens is 1. The summed E-state index contributed by atoms with van der Waals surface area (Å²) in [5, 5.41) is 2.85. The fraction of sp³-hybridized carbons (Fsp3) is 0.143. The van der Waals surface area contributed by atoms with Gasteiger partial charge < -0.3 is 17.1 Å². The van der Waals surface area contributed by atoms with Gasteiger partial charge in [0, 0.05) is 5.57 Å². The van der Waals surface area contributed by atoms with E-state index in [1.165, 1.54) is 16.2 Å². The lowest BCUT2D eigenvalue weighted by Crippen LogP contribution is -3.00. The van der Waals surface area contributed by atoms with Gasteiger partial charge in [-0.15, -0.1) is 0 Å². The molecule has 1 aliphatic rings. The van der Waals surface area contributed by atoms with E-state index in [-0.39, 0.29) is 12.4 Å². The molecule has 124 valence electrons. The molecule has 0 bridgehead atoms. The molecule has 1 atom stereocenters. The van der Waals surface area contributed by atoms with Gasteiger partial charge in [0.1, 0.15) is 5.66 Å². The number of rotatable bonds is 5. The SMILES string of the molecule is CCOC=C1C=CC=CC1[PH+](c1ccccc1)c1ccccc1.[Cl-]. The van der Waals surface area contributed by atoms with Crippen LogP contribution in [0.5, 0.6) is 0 Å². The lowest BCUT2D eigenvalue weighted by atomic mass is 10.1. The third-order valence-corrected chi connectivity index (χ3v) is 6.99. The minimum absolute atomic E-state index is 0. The molecule has 0 saturated heterocycles. The first kappa shape index (κ1) is 18.5. The van der Waals surface area contributed by atoms with Crippen molar-refractivity contribution in [3.63, 3.8) is 0 Å². The van der Waals surface area contributed by atoms with Gasteiger partial charge in [-0.25, -0.2) is 0 Å². The molecule has 0 aromatic heterocycles. The predicted molar refractivity (Wildman–Crippen MR) is 102 cm³/mol. The zero-order valence-corrected chi connectivity index (χ0v) is 15.5. The van der Waals surface area contributed by atoms with E-state index in [9.17, 15) is 0 Å². The average molecular weight is 357 g/mol. The van der Waals surface area contributed by atoms with Crippen molar-refractivity contribution in [1.29, 1.82) is 0 Å². The standard InChI is InChI=1S/C21H21OP.ClH/c1-2-22-17-18-11-9-10-16-21(18)23(19-12-5-3-6-13-19)20-14-7-4-8-15-20;/h3-17,21H,2H2,1H3;1H. The van der Waals surface area contributed by atoms with Gasteiger partial charge in [-0.3, -0.25) is 0 Å². The third-order valence-electron chi connectivity index (χ3n) is 3.93. The van der Waals surface area contributed by atoms with Crippen LogP contribution in [0, 0.1) is 0 Å². The Bertz CT molecular complexity index is 668. The fourth-order valence-corrected chi connectivity index (χ4v) is 5.83. The summed E-state index contributed by atoms with van der Waals surface area (Å²) in [5.74, 6) is 0. The van der Waals surface area contributed by atoms with Crippen molar-refractivity contribution < 1.29 is 17.1 Å². The third kappa shape index (κ3) is 4.38. The monoisotopic (exact) mass is 356 g/mol. The minimum atomic E-state index is -0.965. The number of ether oxygens (including phenoxy) is 1. The largest absolute Gasteiger partial charge is 1.00 e. The second-order valence-electron chi connectivity index (χ2n) is 5.44. The Morgan fingerprint density at radius 3 is 2.04 bits per heavy atom. The highest BCUT2D eigenvalue weighted by Crippen LogP contribution is 2.45. The maximum Gasteiger partial charge on any atom is 0.123 e. The van der Waals surface area contributed by atoms with E-state index in [2.05, 4.69) is 85.0 Å². The Balaban J connectivity index is 0.00000208. The van der Waals surface area contributed by atoms with E-state index in [1.54, 1.807) is 0 Å². The van der Waals surface area contributed by atoms with Crippen LogP contribution < -0.4 is 23.0 Å². The van der Waals surface area contributed by atoms with E-state index in [4.69, 9.17) is 4.74 Å². The summed E-state index contributed by atoms with van der Waals surface area (Å²) in [7, 11) is -0.965. The highest BCUT2D eigenvalue weighted by Gasteiger charge is 2.33. The Kier molecular flexibility index (Phi) is 7.31. The minimum Gasteiger partial charge on any atom is -1.00 e. The first-order valence-corrected chi connectivity index (χ1v) is 9.62. The normalized spacial score (nSPS) is 17.8. The van der Waals surface area contributed by atoms with Crippen LogP contribution >= 0.6 is 7.92 Å². The van der Waals surface area contributed by atoms with Crippen molar-refractivity contribution in [2.45, 2.75) is 12.6 Å². The van der Waals surface area contributed by atoms with Crippen molar-refractivity contribution in [2.75, 3.05) is 6.61 Å². The lowest BCUT2D eigenvalue weighted by Gasteiger charge is -2.21. The predicted octanol–water partition coefficient (Wildman–Crippen LogP) is 1.27. The van der Waals surface area contributed by atoms with Crippen molar-refractivity contribution in [3.8, 4) is 0 Å². The highest BCUT2D eigenvalue weighted by atomic mass is 35.5. The first-order chi connectivity index (χ1) is 11.4. The van der Waals surface area contributed by atoms with Gasteiger partial charge >= 0.3 is 0 Å². The highest BCUT2D eigenvalue weighted by molar-refractivity contribution is 7.74. The maximum absolute atomic E-state index is 5.59. The molecule has 0 saturated carbocycles. The molecular formula is C21H22ClOP. The van der Waals surface area contributed by atoms with Crippen molar-refractivity contribution >= 4 is 18.5 Å². The van der Waals surface area contributed by atoms with Gasteiger partial charge in [-0.2, -0.15) is 0 Å². The van der Waals surface area contributed by atoms with Gasteiger partial charge in [-0.05, 0) is 37.3 Å². The van der Waals surface area contributed by atoms with Gasteiger partial charge in [0.05, 0.1) is 31.4 Å². The Hall–Kier alpha value is -1.82. The second-order valence-corrected chi connectivity index (χ2v) is 8.04. The molecule has 0 spiro atoms. The number of hydrogen-bond acceptors (Lipinski definition) is 1. The zero-order chi connectivity index (χ0) is 15.9. The summed E-state index contributed by atoms with van der Waals surface area (Å²) in [6, 6.07) is 21.7. The summed E-state index contributed by atoms with van der Waals surface area (Å²) in [5.41, 5.74) is 1.64. The van der Waals surface area contributed by atoms with E-state index >= 15 is 0 Å². The van der Waals surface area contributed by atoms with Gasteiger partial charge in [-0.1, -0.05) is 54.6 Å².